The van der Waals surface area contributed by atoms with Crippen molar-refractivity contribution in [2.75, 3.05) is 12.4 Å². The van der Waals surface area contributed by atoms with Crippen LogP contribution >= 0.6 is 0 Å². The minimum atomic E-state index is -0.366. The van der Waals surface area contributed by atoms with Gasteiger partial charge in [0.05, 0.1) is 46.8 Å². The fraction of sp³-hybridized carbons (Fsp3) is 0.172. The van der Waals surface area contributed by atoms with Crippen molar-refractivity contribution in [1.29, 1.82) is 0 Å². The fourth-order valence-electron chi connectivity index (χ4n) is 5.42. The van der Waals surface area contributed by atoms with Gasteiger partial charge in [0.1, 0.15) is 5.75 Å². The summed E-state index contributed by atoms with van der Waals surface area (Å²) in [5.74, 6) is 0.723. The molecule has 7 heteroatoms. The van der Waals surface area contributed by atoms with Gasteiger partial charge < -0.3 is 14.6 Å². The molecule has 0 unspecified atom stereocenters. The van der Waals surface area contributed by atoms with Crippen LogP contribution in [0, 0.1) is 6.92 Å². The molecule has 0 amide bonds. The monoisotopic (exact) mass is 478 g/mol. The number of aromatic nitrogens is 3. The zero-order valence-corrected chi connectivity index (χ0v) is 20.6. The van der Waals surface area contributed by atoms with Gasteiger partial charge in [0, 0.05) is 19.7 Å². The van der Waals surface area contributed by atoms with Crippen molar-refractivity contribution in [3.05, 3.63) is 110 Å². The number of nitrogens with one attached hydrogen (secondary N) is 1. The van der Waals surface area contributed by atoms with E-state index in [2.05, 4.69) is 16.0 Å². The lowest BCUT2D eigenvalue weighted by atomic mass is 9.98. The van der Waals surface area contributed by atoms with Crippen molar-refractivity contribution in [3.63, 3.8) is 0 Å². The zero-order chi connectivity index (χ0) is 25.1. The number of nitrogens with zero attached hydrogens (tertiary/aromatic N) is 3. The molecule has 0 saturated carbocycles. The second-order valence-electron chi connectivity index (χ2n) is 9.20. The van der Waals surface area contributed by atoms with E-state index in [-0.39, 0.29) is 17.3 Å². The number of hydrogen-bond donors (Lipinski definition) is 1. The molecular weight excluding hydrogens is 452 g/mol. The predicted octanol–water partition coefficient (Wildman–Crippen LogP) is 4.53. The molecule has 0 radical (unpaired) electrons. The van der Waals surface area contributed by atoms with Crippen LogP contribution in [0.5, 0.6) is 5.75 Å². The first-order valence-electron chi connectivity index (χ1n) is 11.8. The zero-order valence-electron chi connectivity index (χ0n) is 20.6. The normalized spacial score (nSPS) is 14.3. The average Bonchev–Trinajstić information content (AvgIpc) is 3.27. The molecule has 6 rings (SSSR count). The maximum absolute atomic E-state index is 13.8. The van der Waals surface area contributed by atoms with Crippen LogP contribution in [-0.2, 0) is 14.1 Å². The Morgan fingerprint density at radius 1 is 0.889 bits per heavy atom. The Bertz CT molecular complexity index is 1790. The molecule has 2 aromatic heterocycles. The molecule has 36 heavy (non-hydrogen) atoms. The van der Waals surface area contributed by atoms with E-state index >= 15 is 0 Å². The minimum Gasteiger partial charge on any atom is -0.496 e. The molecule has 1 N–H and O–H groups in total. The van der Waals surface area contributed by atoms with E-state index in [1.54, 1.807) is 18.7 Å². The fourth-order valence-corrected chi connectivity index (χ4v) is 5.42. The SMILES string of the molecule is COc1ccccc1[C@@H]1Nc2ccccc2-n2c(-c3cccc(C)c3)c3c(=O)n(C)c(=O)n(C)c3c21. The first kappa shape index (κ1) is 22.0. The average molecular weight is 479 g/mol. The van der Waals surface area contributed by atoms with Gasteiger partial charge in [-0.3, -0.25) is 13.9 Å². The third-order valence-electron chi connectivity index (χ3n) is 7.07. The first-order valence-corrected chi connectivity index (χ1v) is 11.8. The van der Waals surface area contributed by atoms with E-state index in [0.29, 0.717) is 10.9 Å². The van der Waals surface area contributed by atoms with Crippen LogP contribution in [0.2, 0.25) is 0 Å². The van der Waals surface area contributed by atoms with Gasteiger partial charge in [-0.05, 0) is 36.8 Å². The molecule has 0 saturated heterocycles. The molecule has 1 aliphatic rings. The Labute approximate surface area is 207 Å². The predicted molar refractivity (Wildman–Crippen MR) is 142 cm³/mol. The molecule has 1 atom stereocenters. The van der Waals surface area contributed by atoms with Gasteiger partial charge in [-0.15, -0.1) is 0 Å². The highest BCUT2D eigenvalue weighted by Gasteiger charge is 2.35. The summed E-state index contributed by atoms with van der Waals surface area (Å²) in [6.07, 6.45) is 0. The molecule has 0 spiro atoms. The van der Waals surface area contributed by atoms with E-state index in [9.17, 15) is 9.59 Å². The maximum Gasteiger partial charge on any atom is 0.331 e. The Morgan fingerprint density at radius 3 is 2.42 bits per heavy atom. The van der Waals surface area contributed by atoms with Crippen molar-refractivity contribution in [3.8, 4) is 22.7 Å². The van der Waals surface area contributed by atoms with Crippen LogP contribution in [0.15, 0.2) is 82.4 Å². The highest BCUT2D eigenvalue weighted by molar-refractivity contribution is 5.99. The van der Waals surface area contributed by atoms with Gasteiger partial charge in [-0.2, -0.15) is 0 Å². The Balaban J connectivity index is 1.88. The molecule has 180 valence electrons. The van der Waals surface area contributed by atoms with E-state index in [4.69, 9.17) is 4.74 Å². The van der Waals surface area contributed by atoms with E-state index in [0.717, 1.165) is 45.2 Å². The van der Waals surface area contributed by atoms with E-state index in [1.165, 1.54) is 11.6 Å². The van der Waals surface area contributed by atoms with Crippen molar-refractivity contribution >= 4 is 16.6 Å². The van der Waals surface area contributed by atoms with Gasteiger partial charge in [0.15, 0.2) is 0 Å². The number of ether oxygens (including phenoxy) is 1. The highest BCUT2D eigenvalue weighted by Crippen LogP contribution is 2.46. The molecule has 3 aromatic carbocycles. The van der Waals surface area contributed by atoms with Gasteiger partial charge in [-0.1, -0.05) is 54.1 Å². The van der Waals surface area contributed by atoms with Crippen LogP contribution in [0.25, 0.3) is 27.8 Å². The van der Waals surface area contributed by atoms with Crippen LogP contribution in [0.3, 0.4) is 0 Å². The van der Waals surface area contributed by atoms with Crippen molar-refractivity contribution in [2.45, 2.75) is 13.0 Å². The molecule has 0 bridgehead atoms. The first-order chi connectivity index (χ1) is 17.4. The van der Waals surface area contributed by atoms with Crippen molar-refractivity contribution in [1.82, 2.24) is 13.7 Å². The molecule has 0 fully saturated rings. The molecule has 1 aliphatic heterocycles. The molecule has 0 aliphatic carbocycles. The van der Waals surface area contributed by atoms with Gasteiger partial charge in [0.2, 0.25) is 0 Å². The van der Waals surface area contributed by atoms with E-state index in [1.807, 2.05) is 73.7 Å². The molecule has 3 heterocycles. The summed E-state index contributed by atoms with van der Waals surface area (Å²) in [6, 6.07) is 23.6. The molecule has 5 aromatic rings. The highest BCUT2D eigenvalue weighted by atomic mass is 16.5. The Kier molecular flexibility index (Phi) is 4.89. The molecule has 7 nitrogen and oxygen atoms in total. The van der Waals surface area contributed by atoms with Gasteiger partial charge in [0.25, 0.3) is 5.56 Å². The second-order valence-corrected chi connectivity index (χ2v) is 9.20. The van der Waals surface area contributed by atoms with Crippen LogP contribution in [0.4, 0.5) is 5.69 Å². The van der Waals surface area contributed by atoms with Crippen molar-refractivity contribution < 1.29 is 4.74 Å². The lowest BCUT2D eigenvalue weighted by molar-refractivity contribution is 0.408. The van der Waals surface area contributed by atoms with Gasteiger partial charge in [-0.25, -0.2) is 4.79 Å². The summed E-state index contributed by atoms with van der Waals surface area (Å²) in [5.41, 5.74) is 6.28. The number of hydrogen-bond acceptors (Lipinski definition) is 4. The number of benzene rings is 3. The summed E-state index contributed by atoms with van der Waals surface area (Å²) >= 11 is 0. The summed E-state index contributed by atoms with van der Waals surface area (Å²) in [7, 11) is 4.91. The van der Waals surface area contributed by atoms with Crippen LogP contribution < -0.4 is 21.3 Å². The summed E-state index contributed by atoms with van der Waals surface area (Å²) < 4.78 is 10.6. The Hall–Kier alpha value is -4.52. The summed E-state index contributed by atoms with van der Waals surface area (Å²) in [5, 5.41) is 4.18. The topological polar surface area (TPSA) is 70.2 Å². The number of anilines is 1. The lowest BCUT2D eigenvalue weighted by Gasteiger charge is -2.31. The maximum atomic E-state index is 13.8. The minimum absolute atomic E-state index is 0.317. The standard InChI is InChI=1S/C29H26N4O3/c1-17-10-9-11-18(16-17)25-23-26(31(2)29(35)32(3)28(23)34)27-24(19-12-5-8-15-22(19)36-4)30-20-13-6-7-14-21(20)33(25)27/h5-16,24,30H,1-4H3/t24-/m0/s1. The van der Waals surface area contributed by atoms with Crippen molar-refractivity contribution in [2.24, 2.45) is 14.1 Å². The lowest BCUT2D eigenvalue weighted by Crippen LogP contribution is -2.37. The Morgan fingerprint density at radius 2 is 1.64 bits per heavy atom. The third kappa shape index (κ3) is 2.99. The van der Waals surface area contributed by atoms with E-state index < -0.39 is 0 Å². The molecular formula is C29H26N4O3. The smallest absolute Gasteiger partial charge is 0.331 e. The van der Waals surface area contributed by atoms with Crippen LogP contribution in [0.1, 0.15) is 22.9 Å². The number of para-hydroxylation sites is 3. The number of aryl methyl sites for hydroxylation is 2. The number of methoxy groups -OCH3 is 1. The summed E-state index contributed by atoms with van der Waals surface area (Å²) in [4.78, 5) is 26.9. The second kappa shape index (κ2) is 8.02. The van der Waals surface area contributed by atoms with Crippen LogP contribution in [-0.4, -0.2) is 20.8 Å². The largest absolute Gasteiger partial charge is 0.496 e. The third-order valence-corrected chi connectivity index (χ3v) is 7.07. The quantitative estimate of drug-likeness (QED) is 0.414. The summed E-state index contributed by atoms with van der Waals surface area (Å²) in [6.45, 7) is 2.03. The number of fused-ring (bicyclic) bond motifs is 5. The van der Waals surface area contributed by atoms with Gasteiger partial charge >= 0.3 is 5.69 Å². The number of rotatable bonds is 3.